The van der Waals surface area contributed by atoms with Crippen molar-refractivity contribution in [3.05, 3.63) is 60.2 Å². The number of rotatable bonds is 7. The van der Waals surface area contributed by atoms with Crippen LogP contribution in [0.3, 0.4) is 0 Å². The minimum absolute atomic E-state index is 0.153. The van der Waals surface area contributed by atoms with Gasteiger partial charge in [0.25, 0.3) is 0 Å². The summed E-state index contributed by atoms with van der Waals surface area (Å²) in [6, 6.07) is 15.4. The number of piperidine rings is 1. The van der Waals surface area contributed by atoms with E-state index in [-0.39, 0.29) is 29.7 Å². The summed E-state index contributed by atoms with van der Waals surface area (Å²) in [6.45, 7) is 0.937. The second kappa shape index (κ2) is 9.67. The van der Waals surface area contributed by atoms with Crippen LogP contribution < -0.4 is 10.6 Å². The van der Waals surface area contributed by atoms with Gasteiger partial charge in [0.15, 0.2) is 0 Å². The SMILES string of the molecule is O=C(Cc1ccccc1)NCC(=O)Nc1ccc(S(=O)(=O)N2CCCCC2)cc1. The monoisotopic (exact) mass is 415 g/mol. The van der Waals surface area contributed by atoms with Crippen molar-refractivity contribution in [3.8, 4) is 0 Å². The van der Waals surface area contributed by atoms with Crippen LogP contribution in [0.4, 0.5) is 5.69 Å². The molecule has 2 aromatic rings. The largest absolute Gasteiger partial charge is 0.347 e. The highest BCUT2D eigenvalue weighted by Gasteiger charge is 2.25. The fourth-order valence-electron chi connectivity index (χ4n) is 3.19. The zero-order valence-corrected chi connectivity index (χ0v) is 17.0. The van der Waals surface area contributed by atoms with E-state index in [9.17, 15) is 18.0 Å². The molecule has 1 heterocycles. The van der Waals surface area contributed by atoms with Crippen LogP contribution in [0, 0.1) is 0 Å². The molecule has 29 heavy (non-hydrogen) atoms. The van der Waals surface area contributed by atoms with E-state index in [1.54, 1.807) is 12.1 Å². The molecule has 0 spiro atoms. The minimum atomic E-state index is -3.49. The summed E-state index contributed by atoms with van der Waals surface area (Å²) in [5.41, 5.74) is 1.35. The third-order valence-corrected chi connectivity index (χ3v) is 6.66. The molecule has 0 aromatic heterocycles. The fraction of sp³-hybridized carbons (Fsp3) is 0.333. The number of hydrogen-bond acceptors (Lipinski definition) is 4. The Hall–Kier alpha value is -2.71. The second-order valence-electron chi connectivity index (χ2n) is 6.98. The summed E-state index contributed by atoms with van der Waals surface area (Å²) in [5, 5.41) is 5.23. The molecular weight excluding hydrogens is 390 g/mol. The van der Waals surface area contributed by atoms with Crippen molar-refractivity contribution < 1.29 is 18.0 Å². The second-order valence-corrected chi connectivity index (χ2v) is 8.91. The average Bonchev–Trinajstić information content (AvgIpc) is 2.74. The first-order chi connectivity index (χ1) is 13.9. The van der Waals surface area contributed by atoms with Crippen LogP contribution in [-0.2, 0) is 26.0 Å². The maximum absolute atomic E-state index is 12.6. The highest BCUT2D eigenvalue weighted by atomic mass is 32.2. The van der Waals surface area contributed by atoms with Gasteiger partial charge in [-0.2, -0.15) is 4.31 Å². The van der Waals surface area contributed by atoms with E-state index < -0.39 is 10.0 Å². The molecule has 1 aliphatic rings. The van der Waals surface area contributed by atoms with Gasteiger partial charge in [-0.15, -0.1) is 0 Å². The lowest BCUT2D eigenvalue weighted by Gasteiger charge is -2.25. The van der Waals surface area contributed by atoms with Crippen LogP contribution in [0.25, 0.3) is 0 Å². The summed E-state index contributed by atoms with van der Waals surface area (Å²) in [7, 11) is -3.49. The molecule has 154 valence electrons. The van der Waals surface area contributed by atoms with Gasteiger partial charge in [-0.1, -0.05) is 36.8 Å². The van der Waals surface area contributed by atoms with Gasteiger partial charge in [0.05, 0.1) is 17.9 Å². The summed E-state index contributed by atoms with van der Waals surface area (Å²) in [6.07, 6.45) is 3.02. The number of sulfonamides is 1. The van der Waals surface area contributed by atoms with Crippen molar-refractivity contribution >= 4 is 27.5 Å². The lowest BCUT2D eigenvalue weighted by Crippen LogP contribution is -2.35. The Kier molecular flexibility index (Phi) is 7.00. The Balaban J connectivity index is 1.50. The van der Waals surface area contributed by atoms with Crippen molar-refractivity contribution in [1.29, 1.82) is 0 Å². The maximum atomic E-state index is 12.6. The van der Waals surface area contributed by atoms with Crippen molar-refractivity contribution in [3.63, 3.8) is 0 Å². The molecule has 8 heteroatoms. The lowest BCUT2D eigenvalue weighted by molar-refractivity contribution is -0.123. The zero-order valence-electron chi connectivity index (χ0n) is 16.1. The van der Waals surface area contributed by atoms with E-state index in [0.29, 0.717) is 18.8 Å². The molecule has 0 atom stereocenters. The van der Waals surface area contributed by atoms with Gasteiger partial charge in [0.1, 0.15) is 0 Å². The van der Waals surface area contributed by atoms with E-state index in [1.807, 2.05) is 30.3 Å². The van der Waals surface area contributed by atoms with Gasteiger partial charge < -0.3 is 10.6 Å². The Bertz CT molecular complexity index is 938. The highest BCUT2D eigenvalue weighted by Crippen LogP contribution is 2.21. The first-order valence-corrected chi connectivity index (χ1v) is 11.1. The molecule has 2 N–H and O–H groups in total. The van der Waals surface area contributed by atoms with Gasteiger partial charge in [-0.05, 0) is 42.7 Å². The van der Waals surface area contributed by atoms with Crippen LogP contribution in [0.5, 0.6) is 0 Å². The molecule has 2 amide bonds. The summed E-state index contributed by atoms with van der Waals surface area (Å²) in [5.74, 6) is -0.618. The average molecular weight is 416 g/mol. The number of anilines is 1. The van der Waals surface area contributed by atoms with Crippen LogP contribution in [-0.4, -0.2) is 44.2 Å². The molecule has 3 rings (SSSR count). The third-order valence-electron chi connectivity index (χ3n) is 4.74. The molecule has 0 saturated carbocycles. The quantitative estimate of drug-likeness (QED) is 0.724. The molecule has 1 fully saturated rings. The number of carbonyl (C=O) groups is 2. The maximum Gasteiger partial charge on any atom is 0.243 e. The van der Waals surface area contributed by atoms with E-state index in [4.69, 9.17) is 0 Å². The van der Waals surface area contributed by atoms with Gasteiger partial charge in [-0.25, -0.2) is 8.42 Å². The Morgan fingerprint density at radius 1 is 0.862 bits per heavy atom. The predicted molar refractivity (Wildman–Crippen MR) is 111 cm³/mol. The number of amides is 2. The third kappa shape index (κ3) is 5.88. The number of nitrogens with one attached hydrogen (secondary N) is 2. The number of hydrogen-bond donors (Lipinski definition) is 2. The lowest BCUT2D eigenvalue weighted by atomic mass is 10.1. The molecular formula is C21H25N3O4S. The van der Waals surface area contributed by atoms with E-state index >= 15 is 0 Å². The van der Waals surface area contributed by atoms with Crippen LogP contribution in [0.1, 0.15) is 24.8 Å². The van der Waals surface area contributed by atoms with Crippen molar-refractivity contribution in [2.24, 2.45) is 0 Å². The van der Waals surface area contributed by atoms with Gasteiger partial charge >= 0.3 is 0 Å². The van der Waals surface area contributed by atoms with E-state index in [0.717, 1.165) is 24.8 Å². The molecule has 0 unspecified atom stereocenters. The van der Waals surface area contributed by atoms with Crippen molar-refractivity contribution in [2.75, 3.05) is 25.0 Å². The van der Waals surface area contributed by atoms with Crippen molar-refractivity contribution in [1.82, 2.24) is 9.62 Å². The first-order valence-electron chi connectivity index (χ1n) is 9.66. The van der Waals surface area contributed by atoms with Crippen molar-refractivity contribution in [2.45, 2.75) is 30.6 Å². The molecule has 0 bridgehead atoms. The predicted octanol–water partition coefficient (Wildman–Crippen LogP) is 2.16. The minimum Gasteiger partial charge on any atom is -0.347 e. The van der Waals surface area contributed by atoms with Gasteiger partial charge in [0, 0.05) is 18.8 Å². The topological polar surface area (TPSA) is 95.6 Å². The number of nitrogens with zero attached hydrogens (tertiary/aromatic N) is 1. The molecule has 0 radical (unpaired) electrons. The number of carbonyl (C=O) groups excluding carboxylic acids is 2. The molecule has 2 aromatic carbocycles. The fourth-order valence-corrected chi connectivity index (χ4v) is 4.71. The molecule has 1 saturated heterocycles. The number of benzene rings is 2. The molecule has 7 nitrogen and oxygen atoms in total. The molecule has 1 aliphatic heterocycles. The van der Waals surface area contributed by atoms with Gasteiger partial charge in [0.2, 0.25) is 21.8 Å². The smallest absolute Gasteiger partial charge is 0.243 e. The first kappa shape index (κ1) is 21.0. The summed E-state index contributed by atoms with van der Waals surface area (Å²) >= 11 is 0. The van der Waals surface area contributed by atoms with E-state index in [1.165, 1.54) is 16.4 Å². The summed E-state index contributed by atoms with van der Waals surface area (Å²) in [4.78, 5) is 24.2. The van der Waals surface area contributed by atoms with Crippen LogP contribution in [0.2, 0.25) is 0 Å². The van der Waals surface area contributed by atoms with Crippen LogP contribution >= 0.6 is 0 Å². The normalized spacial score (nSPS) is 14.9. The van der Waals surface area contributed by atoms with Crippen LogP contribution in [0.15, 0.2) is 59.5 Å². The molecule has 0 aliphatic carbocycles. The zero-order chi connectivity index (χ0) is 20.7. The Morgan fingerprint density at radius 2 is 1.52 bits per heavy atom. The van der Waals surface area contributed by atoms with Gasteiger partial charge in [-0.3, -0.25) is 9.59 Å². The highest BCUT2D eigenvalue weighted by molar-refractivity contribution is 7.89. The standard InChI is InChI=1S/C21H25N3O4S/c25-20(15-17-7-3-1-4-8-17)22-16-21(26)23-18-9-11-19(12-10-18)29(27,28)24-13-5-2-6-14-24/h1,3-4,7-12H,2,5-6,13-16H2,(H,22,25)(H,23,26). The van der Waals surface area contributed by atoms with E-state index in [2.05, 4.69) is 10.6 Å². The summed E-state index contributed by atoms with van der Waals surface area (Å²) < 4.78 is 26.8. The Morgan fingerprint density at radius 3 is 2.17 bits per heavy atom. The Labute approximate surface area is 171 Å².